The quantitative estimate of drug-likeness (QED) is 0.627. The molecular weight excluding hydrogens is 372 g/mol. The maximum atomic E-state index is 12.6. The van der Waals surface area contributed by atoms with E-state index < -0.39 is 23.0 Å². The van der Waals surface area contributed by atoms with Crippen LogP contribution in [0.2, 0.25) is 0 Å². The first kappa shape index (κ1) is 17.4. The molecule has 0 fully saturated rings. The first-order chi connectivity index (χ1) is 11.4. The van der Waals surface area contributed by atoms with Crippen LogP contribution in [0.15, 0.2) is 40.0 Å². The molecule has 6 nitrogen and oxygen atoms in total. The molecule has 0 bridgehead atoms. The Labute approximate surface area is 146 Å². The minimum absolute atomic E-state index is 0.0169. The molecule has 7 heteroatoms. The second-order valence-corrected chi connectivity index (χ2v) is 6.40. The SMILES string of the molecule is N#CC1(C#N)CC(C=O)=C(N)C1(C#N)CC(=O)c1ccc(Br)cc1. The number of hydrogen-bond donors (Lipinski definition) is 1. The summed E-state index contributed by atoms with van der Waals surface area (Å²) in [5, 5.41) is 28.7. The number of benzene rings is 1. The van der Waals surface area contributed by atoms with Crippen LogP contribution >= 0.6 is 15.9 Å². The van der Waals surface area contributed by atoms with Crippen molar-refractivity contribution in [3.8, 4) is 18.2 Å². The van der Waals surface area contributed by atoms with Gasteiger partial charge in [-0.05, 0) is 12.1 Å². The lowest BCUT2D eigenvalue weighted by molar-refractivity contribution is -0.105. The number of allylic oxidation sites excluding steroid dienone is 2. The van der Waals surface area contributed by atoms with Gasteiger partial charge in [0, 0.05) is 34.1 Å². The van der Waals surface area contributed by atoms with Crippen molar-refractivity contribution in [1.82, 2.24) is 0 Å². The summed E-state index contributed by atoms with van der Waals surface area (Å²) in [5.74, 6) is -0.436. The zero-order valence-electron chi connectivity index (χ0n) is 12.4. The van der Waals surface area contributed by atoms with Gasteiger partial charge in [0.05, 0.1) is 18.2 Å². The van der Waals surface area contributed by atoms with Gasteiger partial charge in [-0.25, -0.2) is 0 Å². The molecule has 1 aliphatic rings. The monoisotopic (exact) mass is 382 g/mol. The normalized spacial score (nSPS) is 21.4. The topological polar surface area (TPSA) is 132 Å². The summed E-state index contributed by atoms with van der Waals surface area (Å²) < 4.78 is 0.779. The Kier molecular flexibility index (Phi) is 4.55. The van der Waals surface area contributed by atoms with Crippen molar-refractivity contribution in [2.45, 2.75) is 12.8 Å². The Balaban J connectivity index is 2.55. The minimum atomic E-state index is -1.87. The Hall–Kier alpha value is -2.95. The van der Waals surface area contributed by atoms with E-state index in [1.165, 1.54) is 0 Å². The zero-order valence-corrected chi connectivity index (χ0v) is 14.0. The van der Waals surface area contributed by atoms with Gasteiger partial charge >= 0.3 is 0 Å². The summed E-state index contributed by atoms with van der Waals surface area (Å²) in [6, 6.07) is 11.9. The second kappa shape index (κ2) is 6.28. The molecule has 0 saturated heterocycles. The smallest absolute Gasteiger partial charge is 0.172 e. The second-order valence-electron chi connectivity index (χ2n) is 5.49. The van der Waals surface area contributed by atoms with Crippen molar-refractivity contribution in [2.24, 2.45) is 16.6 Å². The largest absolute Gasteiger partial charge is 0.400 e. The summed E-state index contributed by atoms with van der Waals surface area (Å²) in [4.78, 5) is 23.8. The van der Waals surface area contributed by atoms with Crippen LogP contribution < -0.4 is 5.73 Å². The molecule has 1 aromatic rings. The predicted octanol–water partition coefficient (Wildman–Crippen LogP) is 2.38. The Morgan fingerprint density at radius 1 is 1.21 bits per heavy atom. The highest BCUT2D eigenvalue weighted by atomic mass is 79.9. The first-order valence-corrected chi connectivity index (χ1v) is 7.66. The van der Waals surface area contributed by atoms with Crippen molar-refractivity contribution in [2.75, 3.05) is 0 Å². The van der Waals surface area contributed by atoms with Gasteiger partial charge in [-0.3, -0.25) is 9.59 Å². The summed E-state index contributed by atoms with van der Waals surface area (Å²) in [6.45, 7) is 0. The van der Waals surface area contributed by atoms with Crippen LogP contribution in [0.3, 0.4) is 0 Å². The third kappa shape index (κ3) is 2.38. The van der Waals surface area contributed by atoms with Crippen LogP contribution in [-0.4, -0.2) is 12.1 Å². The number of rotatable bonds is 4. The van der Waals surface area contributed by atoms with Crippen molar-refractivity contribution in [1.29, 1.82) is 15.8 Å². The number of halogens is 1. The molecule has 118 valence electrons. The fourth-order valence-corrected chi connectivity index (χ4v) is 3.12. The maximum Gasteiger partial charge on any atom is 0.172 e. The van der Waals surface area contributed by atoms with Crippen LogP contribution in [0.1, 0.15) is 23.2 Å². The van der Waals surface area contributed by atoms with Gasteiger partial charge in [0.25, 0.3) is 0 Å². The lowest BCUT2D eigenvalue weighted by Gasteiger charge is -2.31. The fourth-order valence-electron chi connectivity index (χ4n) is 2.86. The van der Waals surface area contributed by atoms with Crippen LogP contribution in [-0.2, 0) is 4.79 Å². The van der Waals surface area contributed by atoms with Crippen molar-refractivity contribution < 1.29 is 9.59 Å². The average molecular weight is 383 g/mol. The Morgan fingerprint density at radius 3 is 2.25 bits per heavy atom. The molecule has 0 spiro atoms. The summed E-state index contributed by atoms with van der Waals surface area (Å²) in [7, 11) is 0. The highest BCUT2D eigenvalue weighted by Gasteiger charge is 2.61. The maximum absolute atomic E-state index is 12.6. The molecule has 0 aromatic heterocycles. The molecule has 0 saturated carbocycles. The average Bonchev–Trinajstić information content (AvgIpc) is 2.84. The predicted molar refractivity (Wildman–Crippen MR) is 86.7 cm³/mol. The lowest BCUT2D eigenvalue weighted by Crippen LogP contribution is -2.41. The number of carbonyl (C=O) groups excluding carboxylic acids is 2. The number of nitrogens with two attached hydrogens (primary N) is 1. The fraction of sp³-hybridized carbons (Fsp3) is 0.235. The zero-order chi connectivity index (χ0) is 18.0. The number of Topliss-reactive ketones (excluding diaryl/α,β-unsaturated/α-hetero) is 1. The van der Waals surface area contributed by atoms with E-state index in [1.807, 2.05) is 6.07 Å². The van der Waals surface area contributed by atoms with Gasteiger partial charge in [-0.1, -0.05) is 28.1 Å². The van der Waals surface area contributed by atoms with E-state index in [9.17, 15) is 25.4 Å². The van der Waals surface area contributed by atoms with Gasteiger partial charge in [0.15, 0.2) is 11.2 Å². The van der Waals surface area contributed by atoms with Gasteiger partial charge in [0.2, 0.25) is 0 Å². The number of ketones is 1. The van der Waals surface area contributed by atoms with E-state index in [1.54, 1.807) is 36.4 Å². The summed E-state index contributed by atoms with van der Waals surface area (Å²) in [6.07, 6.45) is -0.284. The van der Waals surface area contributed by atoms with Gasteiger partial charge < -0.3 is 5.73 Å². The molecule has 1 aromatic carbocycles. The highest BCUT2D eigenvalue weighted by molar-refractivity contribution is 9.10. The molecule has 0 aliphatic heterocycles. The van der Waals surface area contributed by atoms with E-state index in [0.29, 0.717) is 11.8 Å². The molecule has 24 heavy (non-hydrogen) atoms. The lowest BCUT2D eigenvalue weighted by atomic mass is 9.63. The standard InChI is InChI=1S/C17H11BrN4O2/c18-13-3-1-11(2-4-13)14(24)6-17(10-21)15(22)12(7-23)5-16(17,8-19)9-20/h1-4,7H,5-6,22H2. The van der Waals surface area contributed by atoms with Crippen LogP contribution in [0, 0.1) is 44.8 Å². The summed E-state index contributed by atoms with van der Waals surface area (Å²) >= 11 is 3.26. The minimum Gasteiger partial charge on any atom is -0.400 e. The van der Waals surface area contributed by atoms with Crippen LogP contribution in [0.4, 0.5) is 0 Å². The molecule has 0 heterocycles. The van der Waals surface area contributed by atoms with Gasteiger partial charge in [-0.2, -0.15) is 15.8 Å². The van der Waals surface area contributed by atoms with Crippen molar-refractivity contribution in [3.63, 3.8) is 0 Å². The van der Waals surface area contributed by atoms with E-state index >= 15 is 0 Å². The van der Waals surface area contributed by atoms with Gasteiger partial charge in [0.1, 0.15) is 11.7 Å². The molecule has 0 radical (unpaired) electrons. The number of hydrogen-bond acceptors (Lipinski definition) is 6. The number of nitriles is 3. The van der Waals surface area contributed by atoms with E-state index in [0.717, 1.165) is 4.47 Å². The molecular formula is C17H11BrN4O2. The van der Waals surface area contributed by atoms with Crippen molar-refractivity contribution in [3.05, 3.63) is 45.6 Å². The van der Waals surface area contributed by atoms with Gasteiger partial charge in [-0.15, -0.1) is 0 Å². The Bertz CT molecular complexity index is 854. The van der Waals surface area contributed by atoms with Crippen molar-refractivity contribution >= 4 is 28.0 Å². The van der Waals surface area contributed by atoms with E-state index in [4.69, 9.17) is 5.73 Å². The number of aldehydes is 1. The molecule has 1 unspecified atom stereocenters. The molecule has 0 amide bonds. The van der Waals surface area contributed by atoms with Crippen LogP contribution in [0.25, 0.3) is 0 Å². The molecule has 1 aliphatic carbocycles. The van der Waals surface area contributed by atoms with E-state index in [-0.39, 0.29) is 17.7 Å². The third-order valence-electron chi connectivity index (χ3n) is 4.30. The van der Waals surface area contributed by atoms with Crippen LogP contribution in [0.5, 0.6) is 0 Å². The third-order valence-corrected chi connectivity index (χ3v) is 4.83. The Morgan fingerprint density at radius 2 is 1.79 bits per heavy atom. The molecule has 2 rings (SSSR count). The number of nitrogens with zero attached hydrogens (tertiary/aromatic N) is 3. The van der Waals surface area contributed by atoms with E-state index in [2.05, 4.69) is 15.9 Å². The highest BCUT2D eigenvalue weighted by Crippen LogP contribution is 2.55. The molecule has 2 N–H and O–H groups in total. The number of carbonyl (C=O) groups is 2. The summed E-state index contributed by atoms with van der Waals surface area (Å²) in [5.41, 5.74) is 2.37. The molecule has 1 atom stereocenters. The first-order valence-electron chi connectivity index (χ1n) is 6.86.